The first-order valence-corrected chi connectivity index (χ1v) is 11.0. The van der Waals surface area contributed by atoms with Crippen molar-refractivity contribution in [3.8, 4) is 11.4 Å². The number of para-hydroxylation sites is 1. The topological polar surface area (TPSA) is 98.4 Å². The van der Waals surface area contributed by atoms with Crippen LogP contribution in [0.2, 0.25) is 0 Å². The lowest BCUT2D eigenvalue weighted by molar-refractivity contribution is 0.101. The zero-order valence-corrected chi connectivity index (χ0v) is 19.7. The Kier molecular flexibility index (Phi) is 7.51. The van der Waals surface area contributed by atoms with Crippen LogP contribution in [0, 0.1) is 18.6 Å². The van der Waals surface area contributed by atoms with E-state index < -0.39 is 29.3 Å². The van der Waals surface area contributed by atoms with Crippen LogP contribution in [0.3, 0.4) is 0 Å². The van der Waals surface area contributed by atoms with Gasteiger partial charge in [-0.25, -0.2) is 13.6 Å². The number of amides is 1. The van der Waals surface area contributed by atoms with Gasteiger partial charge in [0.15, 0.2) is 5.82 Å². The van der Waals surface area contributed by atoms with Crippen LogP contribution in [0.4, 0.5) is 14.5 Å². The van der Waals surface area contributed by atoms with Gasteiger partial charge in [0.25, 0.3) is 5.91 Å². The van der Waals surface area contributed by atoms with E-state index in [1.807, 2.05) is 6.92 Å². The summed E-state index contributed by atoms with van der Waals surface area (Å²) >= 11 is 0. The maximum atomic E-state index is 15.2. The Hall–Kier alpha value is -3.53. The van der Waals surface area contributed by atoms with E-state index in [0.717, 1.165) is 21.7 Å². The molecule has 0 radical (unpaired) electrons. The molecule has 0 saturated heterocycles. The predicted octanol–water partition coefficient (Wildman–Crippen LogP) is 4.03. The molecule has 2 unspecified atom stereocenters. The minimum Gasteiger partial charge on any atom is -0.490 e. The largest absolute Gasteiger partial charge is 0.490 e. The standard InChI is InChI=1S/C24H28F2N4O4/c1-6-8-14(3)34-20-12-19(30-24(33)29(5)22(28-30)15(4)31)18(26)11-16(20)23(32)27-21-13(2)9-7-10-17(21)25/h7,9-12,14-15,31H,6,8H2,1-5H3,(H,27,32). The fourth-order valence-corrected chi connectivity index (χ4v) is 3.61. The summed E-state index contributed by atoms with van der Waals surface area (Å²) < 4.78 is 37.3. The Bertz CT molecular complexity index is 1250. The molecule has 0 fully saturated rings. The summed E-state index contributed by atoms with van der Waals surface area (Å²) in [7, 11) is 1.41. The highest BCUT2D eigenvalue weighted by Gasteiger charge is 2.24. The average Bonchev–Trinajstić information content (AvgIpc) is 3.06. The van der Waals surface area contributed by atoms with Crippen LogP contribution in [-0.4, -0.2) is 31.5 Å². The van der Waals surface area contributed by atoms with Crippen LogP contribution in [0.25, 0.3) is 5.69 Å². The second-order valence-corrected chi connectivity index (χ2v) is 8.19. The van der Waals surface area contributed by atoms with Crippen molar-refractivity contribution < 1.29 is 23.4 Å². The van der Waals surface area contributed by atoms with Gasteiger partial charge in [0.2, 0.25) is 0 Å². The first-order chi connectivity index (χ1) is 16.0. The quantitative estimate of drug-likeness (QED) is 0.514. The van der Waals surface area contributed by atoms with Crippen LogP contribution < -0.4 is 15.7 Å². The molecule has 182 valence electrons. The molecule has 3 aromatic rings. The predicted molar refractivity (Wildman–Crippen MR) is 123 cm³/mol. The Morgan fingerprint density at radius 2 is 1.94 bits per heavy atom. The fraction of sp³-hybridized carbons (Fsp3) is 0.375. The molecule has 2 N–H and O–H groups in total. The number of rotatable bonds is 8. The highest BCUT2D eigenvalue weighted by atomic mass is 19.1. The highest BCUT2D eigenvalue weighted by molar-refractivity contribution is 6.06. The van der Waals surface area contributed by atoms with Crippen molar-refractivity contribution in [2.24, 2.45) is 7.05 Å². The van der Waals surface area contributed by atoms with Gasteiger partial charge in [-0.15, -0.1) is 5.10 Å². The third kappa shape index (κ3) is 5.01. The van der Waals surface area contributed by atoms with E-state index in [2.05, 4.69) is 10.4 Å². The van der Waals surface area contributed by atoms with Gasteiger partial charge in [-0.05, 0) is 44.9 Å². The van der Waals surface area contributed by atoms with Crippen molar-refractivity contribution in [3.05, 3.63) is 69.4 Å². The summed E-state index contributed by atoms with van der Waals surface area (Å²) in [5, 5.41) is 16.4. The number of benzene rings is 2. The summed E-state index contributed by atoms with van der Waals surface area (Å²) in [6.07, 6.45) is 0.0910. The number of ether oxygens (including phenoxy) is 1. The lowest BCUT2D eigenvalue weighted by Gasteiger charge is -2.19. The van der Waals surface area contributed by atoms with Gasteiger partial charge in [-0.3, -0.25) is 9.36 Å². The third-order valence-electron chi connectivity index (χ3n) is 5.39. The molecule has 0 aliphatic carbocycles. The maximum Gasteiger partial charge on any atom is 0.350 e. The molecule has 1 heterocycles. The van der Waals surface area contributed by atoms with Crippen LogP contribution in [-0.2, 0) is 7.05 Å². The molecule has 2 atom stereocenters. The molecule has 0 aliphatic heterocycles. The van der Waals surface area contributed by atoms with Crippen LogP contribution in [0.1, 0.15) is 61.5 Å². The summed E-state index contributed by atoms with van der Waals surface area (Å²) in [4.78, 5) is 25.7. The number of halogens is 2. The molecule has 10 heteroatoms. The molecule has 0 bridgehead atoms. The second kappa shape index (κ2) is 10.2. The normalized spacial score (nSPS) is 12.9. The van der Waals surface area contributed by atoms with Crippen LogP contribution in [0.15, 0.2) is 35.1 Å². The van der Waals surface area contributed by atoms with Crippen LogP contribution >= 0.6 is 0 Å². The van der Waals surface area contributed by atoms with E-state index in [0.29, 0.717) is 12.0 Å². The summed E-state index contributed by atoms with van der Waals surface area (Å²) in [5.41, 5.74) is -0.608. The lowest BCUT2D eigenvalue weighted by atomic mass is 10.1. The van der Waals surface area contributed by atoms with Gasteiger partial charge in [0.05, 0.1) is 17.4 Å². The third-order valence-corrected chi connectivity index (χ3v) is 5.39. The van der Waals surface area contributed by atoms with Gasteiger partial charge < -0.3 is 15.2 Å². The van der Waals surface area contributed by atoms with Crippen molar-refractivity contribution in [1.29, 1.82) is 0 Å². The number of carbonyl (C=O) groups is 1. The summed E-state index contributed by atoms with van der Waals surface area (Å²) in [6, 6.07) is 6.50. The zero-order chi connectivity index (χ0) is 25.2. The Labute approximate surface area is 195 Å². The average molecular weight is 475 g/mol. The van der Waals surface area contributed by atoms with Gasteiger partial charge in [-0.2, -0.15) is 4.68 Å². The number of aromatic nitrogens is 3. The van der Waals surface area contributed by atoms with Crippen molar-refractivity contribution in [1.82, 2.24) is 14.3 Å². The minimum absolute atomic E-state index is 0.0139. The molecular formula is C24H28F2N4O4. The molecular weight excluding hydrogens is 446 g/mol. The fourth-order valence-electron chi connectivity index (χ4n) is 3.61. The van der Waals surface area contributed by atoms with E-state index in [9.17, 15) is 19.1 Å². The minimum atomic E-state index is -1.06. The van der Waals surface area contributed by atoms with E-state index in [1.165, 1.54) is 32.2 Å². The zero-order valence-electron chi connectivity index (χ0n) is 19.7. The highest BCUT2D eigenvalue weighted by Crippen LogP contribution is 2.29. The maximum absolute atomic E-state index is 15.2. The molecule has 0 saturated carbocycles. The first-order valence-electron chi connectivity index (χ1n) is 11.0. The van der Waals surface area contributed by atoms with Crippen molar-refractivity contribution >= 4 is 11.6 Å². The number of nitrogens with zero attached hydrogens (tertiary/aromatic N) is 3. The first kappa shape index (κ1) is 25.1. The number of hydrogen-bond acceptors (Lipinski definition) is 5. The molecule has 3 rings (SSSR count). The number of carbonyl (C=O) groups excluding carboxylic acids is 1. The van der Waals surface area contributed by atoms with Crippen molar-refractivity contribution in [3.63, 3.8) is 0 Å². The number of aryl methyl sites for hydroxylation is 1. The number of anilines is 1. The van der Waals surface area contributed by atoms with E-state index in [4.69, 9.17) is 4.74 Å². The molecule has 34 heavy (non-hydrogen) atoms. The van der Waals surface area contributed by atoms with E-state index in [-0.39, 0.29) is 34.6 Å². The summed E-state index contributed by atoms with van der Waals surface area (Å²) in [5.74, 6) is -2.25. The van der Waals surface area contributed by atoms with Gasteiger partial charge >= 0.3 is 5.69 Å². The SMILES string of the molecule is CCCC(C)Oc1cc(-n2nc(C(C)O)n(C)c2=O)c(F)cc1C(=O)Nc1c(C)cccc1F. The number of nitrogens with one attached hydrogen (secondary N) is 1. The Morgan fingerprint density at radius 1 is 1.24 bits per heavy atom. The van der Waals surface area contributed by atoms with Crippen molar-refractivity contribution in [2.75, 3.05) is 5.32 Å². The van der Waals surface area contributed by atoms with E-state index in [1.54, 1.807) is 19.9 Å². The molecule has 2 aromatic carbocycles. The van der Waals surface area contributed by atoms with Gasteiger partial charge in [0.1, 0.15) is 29.2 Å². The summed E-state index contributed by atoms with van der Waals surface area (Å²) in [6.45, 7) is 6.83. The number of aliphatic hydroxyl groups is 1. The second-order valence-electron chi connectivity index (χ2n) is 8.19. The molecule has 0 spiro atoms. The Balaban J connectivity index is 2.12. The monoisotopic (exact) mass is 474 g/mol. The smallest absolute Gasteiger partial charge is 0.350 e. The van der Waals surface area contributed by atoms with Crippen molar-refractivity contribution in [2.45, 2.75) is 52.7 Å². The van der Waals surface area contributed by atoms with Crippen LogP contribution in [0.5, 0.6) is 5.75 Å². The number of hydrogen-bond donors (Lipinski definition) is 2. The molecule has 1 aromatic heterocycles. The molecule has 8 nitrogen and oxygen atoms in total. The Morgan fingerprint density at radius 3 is 2.53 bits per heavy atom. The molecule has 1 amide bonds. The molecule has 0 aliphatic rings. The van der Waals surface area contributed by atoms with Gasteiger partial charge in [0, 0.05) is 13.1 Å². The van der Waals surface area contributed by atoms with E-state index >= 15 is 4.39 Å². The lowest BCUT2D eigenvalue weighted by Crippen LogP contribution is -2.24. The van der Waals surface area contributed by atoms with Gasteiger partial charge in [-0.1, -0.05) is 25.5 Å². The number of aliphatic hydroxyl groups excluding tert-OH is 1.